The van der Waals surface area contributed by atoms with Crippen LogP contribution in [0.2, 0.25) is 0 Å². The molecule has 0 spiro atoms. The van der Waals surface area contributed by atoms with Gasteiger partial charge < -0.3 is 14.8 Å². The fraction of sp³-hybridized carbons (Fsp3) is 1.00. The van der Waals surface area contributed by atoms with Crippen molar-refractivity contribution in [2.75, 3.05) is 26.9 Å². The minimum Gasteiger partial charge on any atom is -0.378 e. The number of unbranched alkanes of at least 4 members (excludes halogenated alkanes) is 4. The third-order valence-corrected chi connectivity index (χ3v) is 4.53. The lowest BCUT2D eigenvalue weighted by atomic mass is 9.99. The molecule has 0 aliphatic carbocycles. The van der Waals surface area contributed by atoms with Crippen LogP contribution >= 0.6 is 0 Å². The largest absolute Gasteiger partial charge is 0.378 e. The van der Waals surface area contributed by atoms with Crippen molar-refractivity contribution in [3.63, 3.8) is 0 Å². The van der Waals surface area contributed by atoms with Crippen LogP contribution in [0.4, 0.5) is 0 Å². The van der Waals surface area contributed by atoms with Gasteiger partial charge in [-0.2, -0.15) is 0 Å². The summed E-state index contributed by atoms with van der Waals surface area (Å²) in [7, 11) is 1.82. The van der Waals surface area contributed by atoms with E-state index in [0.717, 1.165) is 26.2 Å². The molecule has 1 aliphatic rings. The van der Waals surface area contributed by atoms with Gasteiger partial charge in [-0.1, -0.05) is 52.4 Å². The molecule has 120 valence electrons. The van der Waals surface area contributed by atoms with Gasteiger partial charge in [-0.05, 0) is 12.8 Å². The fourth-order valence-corrected chi connectivity index (χ4v) is 2.92. The maximum atomic E-state index is 5.71. The molecule has 0 aromatic carbocycles. The van der Waals surface area contributed by atoms with E-state index < -0.39 is 0 Å². The minimum absolute atomic E-state index is 0.0756. The Hall–Kier alpha value is -0.120. The molecule has 1 saturated heterocycles. The van der Waals surface area contributed by atoms with Gasteiger partial charge in [0.15, 0.2) is 0 Å². The summed E-state index contributed by atoms with van der Waals surface area (Å²) in [6.45, 7) is 7.07. The molecule has 0 bridgehead atoms. The second-order valence-corrected chi connectivity index (χ2v) is 6.26. The predicted molar refractivity (Wildman–Crippen MR) is 85.3 cm³/mol. The molecule has 0 aromatic heterocycles. The van der Waals surface area contributed by atoms with Gasteiger partial charge in [-0.25, -0.2) is 0 Å². The minimum atomic E-state index is -0.0756. The number of hydrogen-bond acceptors (Lipinski definition) is 3. The van der Waals surface area contributed by atoms with Crippen LogP contribution in [-0.4, -0.2) is 38.5 Å². The molecule has 3 heteroatoms. The normalized spacial score (nSPS) is 22.8. The summed E-state index contributed by atoms with van der Waals surface area (Å²) >= 11 is 0. The van der Waals surface area contributed by atoms with Crippen LogP contribution in [0.25, 0.3) is 0 Å². The average Bonchev–Trinajstić information content (AvgIpc) is 2.94. The van der Waals surface area contributed by atoms with Gasteiger partial charge in [0.2, 0.25) is 0 Å². The van der Waals surface area contributed by atoms with Gasteiger partial charge in [0.1, 0.15) is 5.60 Å². The second-order valence-electron chi connectivity index (χ2n) is 6.26. The molecule has 0 amide bonds. The van der Waals surface area contributed by atoms with E-state index in [0.29, 0.717) is 6.04 Å². The Balaban J connectivity index is 2.33. The Labute approximate surface area is 125 Å². The summed E-state index contributed by atoms with van der Waals surface area (Å²) in [4.78, 5) is 0. The Morgan fingerprint density at radius 2 is 1.75 bits per heavy atom. The number of methoxy groups -OCH3 is 1. The molecule has 1 atom stereocenters. The maximum absolute atomic E-state index is 5.71. The number of hydrogen-bond donors (Lipinski definition) is 1. The van der Waals surface area contributed by atoms with Gasteiger partial charge in [-0.3, -0.25) is 0 Å². The number of nitrogens with one attached hydrogen (secondary N) is 1. The Morgan fingerprint density at radius 3 is 2.20 bits per heavy atom. The average molecular weight is 285 g/mol. The highest BCUT2D eigenvalue weighted by atomic mass is 16.5. The van der Waals surface area contributed by atoms with Crippen molar-refractivity contribution in [1.29, 1.82) is 0 Å². The predicted octanol–water partition coefficient (Wildman–Crippen LogP) is 3.91. The first kappa shape index (κ1) is 17.9. The van der Waals surface area contributed by atoms with Gasteiger partial charge in [0, 0.05) is 32.7 Å². The third-order valence-electron chi connectivity index (χ3n) is 4.53. The highest BCUT2D eigenvalue weighted by molar-refractivity contribution is 4.88. The molecule has 0 aromatic rings. The van der Waals surface area contributed by atoms with Crippen LogP contribution in [0.15, 0.2) is 0 Å². The zero-order valence-corrected chi connectivity index (χ0v) is 13.9. The monoisotopic (exact) mass is 285 g/mol. The number of ether oxygens (including phenoxy) is 2. The van der Waals surface area contributed by atoms with E-state index in [4.69, 9.17) is 9.47 Å². The first-order valence-electron chi connectivity index (χ1n) is 8.62. The topological polar surface area (TPSA) is 30.5 Å². The quantitative estimate of drug-likeness (QED) is 0.551. The number of rotatable bonds is 12. The zero-order valence-electron chi connectivity index (χ0n) is 13.9. The van der Waals surface area contributed by atoms with Crippen molar-refractivity contribution in [3.05, 3.63) is 0 Å². The van der Waals surface area contributed by atoms with Crippen molar-refractivity contribution in [2.45, 2.75) is 83.3 Å². The van der Waals surface area contributed by atoms with Crippen molar-refractivity contribution in [1.82, 2.24) is 5.32 Å². The standard InChI is InChI=1S/C17H35NO2/c1-4-6-8-10-16(11-9-7-5-2)18-14-17(19-3)12-13-20-15-17/h16,18H,4-15H2,1-3H3. The lowest BCUT2D eigenvalue weighted by Crippen LogP contribution is -2.46. The van der Waals surface area contributed by atoms with Crippen molar-refractivity contribution in [3.8, 4) is 0 Å². The van der Waals surface area contributed by atoms with Crippen LogP contribution in [0.5, 0.6) is 0 Å². The molecule has 1 N–H and O–H groups in total. The Morgan fingerprint density at radius 1 is 1.10 bits per heavy atom. The molecule has 1 rings (SSSR count). The van der Waals surface area contributed by atoms with E-state index in [1.54, 1.807) is 0 Å². The van der Waals surface area contributed by atoms with Crippen molar-refractivity contribution in [2.24, 2.45) is 0 Å². The zero-order chi connectivity index (χ0) is 14.7. The second kappa shape index (κ2) is 10.6. The third kappa shape index (κ3) is 6.55. The van der Waals surface area contributed by atoms with Crippen LogP contribution < -0.4 is 5.32 Å². The summed E-state index contributed by atoms with van der Waals surface area (Å²) < 4.78 is 11.2. The maximum Gasteiger partial charge on any atom is 0.106 e. The molecule has 0 saturated carbocycles. The van der Waals surface area contributed by atoms with Crippen LogP contribution in [0, 0.1) is 0 Å². The van der Waals surface area contributed by atoms with E-state index in [1.165, 1.54) is 51.4 Å². The summed E-state index contributed by atoms with van der Waals surface area (Å²) in [6.07, 6.45) is 11.6. The summed E-state index contributed by atoms with van der Waals surface area (Å²) in [6, 6.07) is 0.653. The van der Waals surface area contributed by atoms with E-state index >= 15 is 0 Å². The molecule has 20 heavy (non-hydrogen) atoms. The van der Waals surface area contributed by atoms with Gasteiger partial charge in [-0.15, -0.1) is 0 Å². The van der Waals surface area contributed by atoms with E-state index in [1.807, 2.05) is 7.11 Å². The first-order chi connectivity index (χ1) is 9.76. The van der Waals surface area contributed by atoms with E-state index in [2.05, 4.69) is 19.2 Å². The summed E-state index contributed by atoms with van der Waals surface area (Å²) in [5.41, 5.74) is -0.0756. The summed E-state index contributed by atoms with van der Waals surface area (Å²) in [5.74, 6) is 0. The molecule has 1 fully saturated rings. The lowest BCUT2D eigenvalue weighted by Gasteiger charge is -2.29. The molecule has 1 aliphatic heterocycles. The van der Waals surface area contributed by atoms with Gasteiger partial charge in [0.25, 0.3) is 0 Å². The molecule has 3 nitrogen and oxygen atoms in total. The van der Waals surface area contributed by atoms with Gasteiger partial charge >= 0.3 is 0 Å². The van der Waals surface area contributed by atoms with E-state index in [9.17, 15) is 0 Å². The first-order valence-corrected chi connectivity index (χ1v) is 8.62. The van der Waals surface area contributed by atoms with Crippen LogP contribution in [0.1, 0.15) is 71.6 Å². The Bertz CT molecular complexity index is 217. The highest BCUT2D eigenvalue weighted by Crippen LogP contribution is 2.22. The SMILES string of the molecule is CCCCCC(CCCCC)NCC1(OC)CCOC1. The van der Waals surface area contributed by atoms with Crippen molar-refractivity contribution >= 4 is 0 Å². The van der Waals surface area contributed by atoms with E-state index in [-0.39, 0.29) is 5.60 Å². The molecular formula is C17H35NO2. The molecule has 0 radical (unpaired) electrons. The molecule has 1 unspecified atom stereocenters. The summed E-state index contributed by atoms with van der Waals surface area (Å²) in [5, 5.41) is 3.77. The van der Waals surface area contributed by atoms with Crippen LogP contribution in [0.3, 0.4) is 0 Å². The van der Waals surface area contributed by atoms with Crippen LogP contribution in [-0.2, 0) is 9.47 Å². The van der Waals surface area contributed by atoms with Crippen molar-refractivity contribution < 1.29 is 9.47 Å². The Kier molecular flexibility index (Phi) is 9.49. The van der Waals surface area contributed by atoms with Gasteiger partial charge in [0.05, 0.1) is 6.61 Å². The highest BCUT2D eigenvalue weighted by Gasteiger charge is 2.35. The lowest BCUT2D eigenvalue weighted by molar-refractivity contribution is -0.0178. The molecular weight excluding hydrogens is 250 g/mol. The smallest absolute Gasteiger partial charge is 0.106 e. The fourth-order valence-electron chi connectivity index (χ4n) is 2.92. The molecule has 1 heterocycles.